The van der Waals surface area contributed by atoms with Crippen molar-refractivity contribution >= 4 is 11.8 Å². The van der Waals surface area contributed by atoms with E-state index in [-0.39, 0.29) is 11.4 Å². The summed E-state index contributed by atoms with van der Waals surface area (Å²) in [6.45, 7) is 5.62. The van der Waals surface area contributed by atoms with E-state index in [1.165, 1.54) is 11.8 Å². The lowest BCUT2D eigenvalue weighted by atomic mass is 10.2. The minimum atomic E-state index is 0.00681. The van der Waals surface area contributed by atoms with E-state index in [1.54, 1.807) is 4.68 Å². The molecule has 1 saturated heterocycles. The van der Waals surface area contributed by atoms with Gasteiger partial charge < -0.3 is 9.26 Å². The lowest BCUT2D eigenvalue weighted by molar-refractivity contribution is 0.0911. The van der Waals surface area contributed by atoms with Gasteiger partial charge in [0.05, 0.1) is 17.9 Å². The fraction of sp³-hybridized carbons (Fsp3) is 0.769. The summed E-state index contributed by atoms with van der Waals surface area (Å²) in [6.07, 6.45) is 4.20. The minimum Gasteiger partial charge on any atom is -0.376 e. The average Bonchev–Trinajstić information content (AvgIpc) is 3.23. The zero-order valence-corrected chi connectivity index (χ0v) is 13.6. The second kappa shape index (κ2) is 7.19. The first-order chi connectivity index (χ1) is 10.8. The van der Waals surface area contributed by atoms with Crippen LogP contribution in [0.4, 0.5) is 0 Å². The van der Waals surface area contributed by atoms with E-state index in [1.807, 2.05) is 6.92 Å². The lowest BCUT2D eigenvalue weighted by Gasteiger charge is -2.11. The van der Waals surface area contributed by atoms with Crippen LogP contribution >= 0.6 is 11.8 Å². The minimum absolute atomic E-state index is 0.00681. The summed E-state index contributed by atoms with van der Waals surface area (Å²) < 4.78 is 12.7. The van der Waals surface area contributed by atoms with Crippen LogP contribution in [0.3, 0.4) is 0 Å². The van der Waals surface area contributed by atoms with Crippen LogP contribution < -0.4 is 0 Å². The Kier molecular flexibility index (Phi) is 5.04. The van der Waals surface area contributed by atoms with Crippen molar-refractivity contribution in [2.24, 2.45) is 0 Å². The Labute approximate surface area is 133 Å². The predicted molar refractivity (Wildman–Crippen MR) is 79.4 cm³/mol. The van der Waals surface area contributed by atoms with Crippen molar-refractivity contribution in [3.63, 3.8) is 0 Å². The summed E-state index contributed by atoms with van der Waals surface area (Å²) >= 11 is 1.52. The van der Waals surface area contributed by atoms with Gasteiger partial charge in [-0.1, -0.05) is 23.8 Å². The molecule has 2 aromatic heterocycles. The number of rotatable bonds is 7. The third-order valence-electron chi connectivity index (χ3n) is 3.49. The number of aryl methyl sites for hydroxylation is 1. The van der Waals surface area contributed by atoms with Gasteiger partial charge in [0, 0.05) is 13.0 Å². The summed E-state index contributed by atoms with van der Waals surface area (Å²) in [4.78, 5) is 4.41. The van der Waals surface area contributed by atoms with E-state index in [0.717, 1.165) is 43.3 Å². The molecule has 0 amide bonds. The third-order valence-corrected chi connectivity index (χ3v) is 4.55. The molecule has 120 valence electrons. The predicted octanol–water partition coefficient (Wildman–Crippen LogP) is 2.04. The second-order valence-corrected chi connectivity index (χ2v) is 6.65. The molecule has 0 spiro atoms. The SMILES string of the molecule is CCCc1noc([C@H](C)Sc2nnnn2C[C@H]2CCCO2)n1. The molecule has 0 aromatic carbocycles. The highest BCUT2D eigenvalue weighted by Gasteiger charge is 2.22. The number of ether oxygens (including phenoxy) is 1. The third kappa shape index (κ3) is 3.64. The van der Waals surface area contributed by atoms with Gasteiger partial charge in [-0.3, -0.25) is 0 Å². The molecule has 9 heteroatoms. The van der Waals surface area contributed by atoms with Gasteiger partial charge in [0.1, 0.15) is 0 Å². The Morgan fingerprint density at radius 3 is 3.14 bits per heavy atom. The standard InChI is InChI=1S/C13H20N6O2S/c1-3-5-11-14-12(21-16-11)9(2)22-13-15-17-18-19(13)8-10-6-4-7-20-10/h9-10H,3-8H2,1-2H3/t9-,10+/m0/s1. The van der Waals surface area contributed by atoms with Gasteiger partial charge >= 0.3 is 0 Å². The zero-order valence-electron chi connectivity index (χ0n) is 12.8. The van der Waals surface area contributed by atoms with E-state index in [9.17, 15) is 0 Å². The Morgan fingerprint density at radius 2 is 2.36 bits per heavy atom. The van der Waals surface area contributed by atoms with Crippen LogP contribution in [0.25, 0.3) is 0 Å². The maximum absolute atomic E-state index is 5.63. The van der Waals surface area contributed by atoms with Crippen LogP contribution in [-0.4, -0.2) is 43.1 Å². The van der Waals surface area contributed by atoms with Crippen molar-refractivity contribution in [3.05, 3.63) is 11.7 Å². The molecule has 0 unspecified atom stereocenters. The topological polar surface area (TPSA) is 91.8 Å². The molecule has 1 fully saturated rings. The monoisotopic (exact) mass is 324 g/mol. The maximum Gasteiger partial charge on any atom is 0.239 e. The first kappa shape index (κ1) is 15.4. The molecule has 0 radical (unpaired) electrons. The van der Waals surface area contributed by atoms with Crippen LogP contribution in [0.15, 0.2) is 9.68 Å². The van der Waals surface area contributed by atoms with Crippen molar-refractivity contribution in [2.45, 2.75) is 62.6 Å². The van der Waals surface area contributed by atoms with Crippen LogP contribution in [0, 0.1) is 0 Å². The Hall–Kier alpha value is -1.48. The van der Waals surface area contributed by atoms with Crippen molar-refractivity contribution in [3.8, 4) is 0 Å². The van der Waals surface area contributed by atoms with E-state index in [0.29, 0.717) is 12.4 Å². The number of nitrogens with zero attached hydrogens (tertiary/aromatic N) is 6. The first-order valence-electron chi connectivity index (χ1n) is 7.63. The van der Waals surface area contributed by atoms with E-state index in [4.69, 9.17) is 9.26 Å². The summed E-state index contributed by atoms with van der Waals surface area (Å²) in [7, 11) is 0. The number of thioether (sulfide) groups is 1. The highest BCUT2D eigenvalue weighted by Crippen LogP contribution is 2.32. The molecular formula is C13H20N6O2S. The smallest absolute Gasteiger partial charge is 0.239 e. The van der Waals surface area contributed by atoms with Crippen molar-refractivity contribution in [2.75, 3.05) is 6.61 Å². The Morgan fingerprint density at radius 1 is 1.45 bits per heavy atom. The Balaban J connectivity index is 1.63. The van der Waals surface area contributed by atoms with Crippen molar-refractivity contribution in [1.29, 1.82) is 0 Å². The van der Waals surface area contributed by atoms with Gasteiger partial charge in [-0.15, -0.1) is 5.10 Å². The molecule has 2 atom stereocenters. The van der Waals surface area contributed by atoms with Gasteiger partial charge in [0.2, 0.25) is 11.0 Å². The number of hydrogen-bond acceptors (Lipinski definition) is 8. The number of aromatic nitrogens is 6. The molecular weight excluding hydrogens is 304 g/mol. The molecule has 22 heavy (non-hydrogen) atoms. The molecule has 3 rings (SSSR count). The summed E-state index contributed by atoms with van der Waals surface area (Å²) in [5.41, 5.74) is 0. The number of tetrazole rings is 1. The largest absolute Gasteiger partial charge is 0.376 e. The van der Waals surface area contributed by atoms with Gasteiger partial charge in [-0.25, -0.2) is 4.68 Å². The van der Waals surface area contributed by atoms with Crippen LogP contribution in [0.1, 0.15) is 50.1 Å². The average molecular weight is 324 g/mol. The molecule has 0 saturated carbocycles. The van der Waals surface area contributed by atoms with Crippen LogP contribution in [0.2, 0.25) is 0 Å². The molecule has 1 aliphatic rings. The van der Waals surface area contributed by atoms with Gasteiger partial charge in [0.15, 0.2) is 5.82 Å². The van der Waals surface area contributed by atoms with E-state index >= 15 is 0 Å². The summed E-state index contributed by atoms with van der Waals surface area (Å²) in [6, 6.07) is 0. The van der Waals surface area contributed by atoms with Crippen molar-refractivity contribution in [1.82, 2.24) is 30.3 Å². The van der Waals surface area contributed by atoms with E-state index in [2.05, 4.69) is 32.6 Å². The van der Waals surface area contributed by atoms with Crippen LogP contribution in [0.5, 0.6) is 0 Å². The maximum atomic E-state index is 5.63. The van der Waals surface area contributed by atoms with E-state index < -0.39 is 0 Å². The van der Waals surface area contributed by atoms with Crippen LogP contribution in [-0.2, 0) is 17.7 Å². The van der Waals surface area contributed by atoms with Crippen molar-refractivity contribution < 1.29 is 9.26 Å². The van der Waals surface area contributed by atoms with Gasteiger partial charge in [0.25, 0.3) is 0 Å². The van der Waals surface area contributed by atoms with Gasteiger partial charge in [-0.2, -0.15) is 4.98 Å². The second-order valence-electron chi connectivity index (χ2n) is 5.34. The normalized spacial score (nSPS) is 19.6. The zero-order chi connectivity index (χ0) is 15.4. The lowest BCUT2D eigenvalue weighted by Crippen LogP contribution is -2.17. The molecule has 0 aliphatic carbocycles. The summed E-state index contributed by atoms with van der Waals surface area (Å²) in [5.74, 6) is 1.36. The molecule has 0 bridgehead atoms. The molecule has 8 nitrogen and oxygen atoms in total. The molecule has 1 aliphatic heterocycles. The quantitative estimate of drug-likeness (QED) is 0.714. The fourth-order valence-electron chi connectivity index (χ4n) is 2.34. The highest BCUT2D eigenvalue weighted by molar-refractivity contribution is 7.99. The number of hydrogen-bond donors (Lipinski definition) is 0. The summed E-state index contributed by atoms with van der Waals surface area (Å²) in [5, 5.41) is 16.6. The molecule has 0 N–H and O–H groups in total. The molecule has 2 aromatic rings. The first-order valence-corrected chi connectivity index (χ1v) is 8.51. The fourth-order valence-corrected chi connectivity index (χ4v) is 3.17. The van der Waals surface area contributed by atoms with Gasteiger partial charge in [-0.05, 0) is 36.6 Å². The highest BCUT2D eigenvalue weighted by atomic mass is 32.2. The Bertz CT molecular complexity index is 595. The molecule has 3 heterocycles.